The van der Waals surface area contributed by atoms with Crippen molar-refractivity contribution in [2.24, 2.45) is 0 Å². The number of carbonyl (C=O) groups excluding carboxylic acids is 1. The van der Waals surface area contributed by atoms with Gasteiger partial charge in [0.2, 0.25) is 5.95 Å². The highest BCUT2D eigenvalue weighted by atomic mass is 16.1. The van der Waals surface area contributed by atoms with Gasteiger partial charge in [-0.05, 0) is 11.5 Å². The molecule has 6 nitrogen and oxygen atoms in total. The summed E-state index contributed by atoms with van der Waals surface area (Å²) in [4.78, 5) is 24.2. The number of amides is 1. The van der Waals surface area contributed by atoms with Gasteiger partial charge in [-0.15, -0.1) is 0 Å². The van der Waals surface area contributed by atoms with E-state index in [1.54, 1.807) is 18.5 Å². The molecule has 0 aliphatic heterocycles. The van der Waals surface area contributed by atoms with Crippen molar-refractivity contribution in [3.05, 3.63) is 54.5 Å². The Morgan fingerprint density at radius 2 is 1.70 bits per heavy atom. The number of benzene rings is 1. The van der Waals surface area contributed by atoms with E-state index in [0.717, 1.165) is 10.8 Å². The molecule has 0 aliphatic carbocycles. The highest BCUT2D eigenvalue weighted by molar-refractivity contribution is 6.13. The van der Waals surface area contributed by atoms with E-state index in [2.05, 4.69) is 20.3 Å². The number of anilines is 2. The van der Waals surface area contributed by atoms with Crippen molar-refractivity contribution in [2.45, 2.75) is 0 Å². The van der Waals surface area contributed by atoms with E-state index in [0.29, 0.717) is 11.4 Å². The number of fused-ring (bicyclic) bond motifs is 1. The molecule has 0 saturated heterocycles. The first kappa shape index (κ1) is 12.0. The molecule has 0 spiro atoms. The van der Waals surface area contributed by atoms with Crippen molar-refractivity contribution in [1.82, 2.24) is 15.0 Å². The zero-order valence-corrected chi connectivity index (χ0v) is 10.4. The summed E-state index contributed by atoms with van der Waals surface area (Å²) < 4.78 is 0. The fourth-order valence-corrected chi connectivity index (χ4v) is 1.93. The van der Waals surface area contributed by atoms with Gasteiger partial charge in [-0.2, -0.15) is 0 Å². The minimum Gasteiger partial charge on any atom is -0.383 e. The van der Waals surface area contributed by atoms with Crippen LogP contribution in [0.25, 0.3) is 10.8 Å². The number of aromatic nitrogens is 3. The minimum absolute atomic E-state index is 0.249. The molecule has 1 amide bonds. The number of nitrogens with zero attached hydrogens (tertiary/aromatic N) is 3. The van der Waals surface area contributed by atoms with Gasteiger partial charge in [0.15, 0.2) is 0 Å². The second-order valence-corrected chi connectivity index (χ2v) is 4.13. The summed E-state index contributed by atoms with van der Waals surface area (Å²) in [6, 6.07) is 9.03. The van der Waals surface area contributed by atoms with Crippen LogP contribution in [0.4, 0.5) is 11.8 Å². The largest absolute Gasteiger partial charge is 0.383 e. The van der Waals surface area contributed by atoms with Gasteiger partial charge < -0.3 is 5.73 Å². The van der Waals surface area contributed by atoms with E-state index in [9.17, 15) is 4.79 Å². The van der Waals surface area contributed by atoms with Crippen molar-refractivity contribution in [2.75, 3.05) is 11.1 Å². The lowest BCUT2D eigenvalue weighted by atomic mass is 10.1. The number of hydrogen-bond donors (Lipinski definition) is 2. The lowest BCUT2D eigenvalue weighted by molar-refractivity contribution is 0.102. The van der Waals surface area contributed by atoms with Crippen molar-refractivity contribution in [3.63, 3.8) is 0 Å². The molecule has 3 aromatic rings. The molecule has 1 aromatic carbocycles. The molecular formula is C14H11N5O. The Hall–Kier alpha value is -3.02. The molecule has 0 bridgehead atoms. The maximum Gasteiger partial charge on any atom is 0.260 e. The van der Waals surface area contributed by atoms with Crippen LogP contribution in [0.3, 0.4) is 0 Å². The second-order valence-electron chi connectivity index (χ2n) is 4.13. The molecule has 2 heterocycles. The quantitative estimate of drug-likeness (QED) is 0.737. The summed E-state index contributed by atoms with van der Waals surface area (Å²) in [5.74, 6) is 0.325. The lowest BCUT2D eigenvalue weighted by Gasteiger charge is -2.07. The molecule has 0 radical (unpaired) electrons. The fraction of sp³-hybridized carbons (Fsp3) is 0. The van der Waals surface area contributed by atoms with Gasteiger partial charge in [0.1, 0.15) is 5.82 Å². The Bertz CT molecular complexity index is 773. The average molecular weight is 265 g/mol. The Kier molecular flexibility index (Phi) is 2.96. The summed E-state index contributed by atoms with van der Waals surface area (Å²) in [6.45, 7) is 0. The molecule has 0 atom stereocenters. The SMILES string of the molecule is Nc1ncc(C(=O)Nc2ncccn2)c2ccccc12. The zero-order valence-electron chi connectivity index (χ0n) is 10.4. The molecule has 6 heteroatoms. The van der Waals surface area contributed by atoms with Crippen molar-refractivity contribution in [1.29, 1.82) is 0 Å². The third kappa shape index (κ3) is 2.14. The number of nitrogen functional groups attached to an aromatic ring is 1. The Labute approximate surface area is 114 Å². The second kappa shape index (κ2) is 4.93. The molecule has 2 aromatic heterocycles. The van der Waals surface area contributed by atoms with Crippen molar-refractivity contribution >= 4 is 28.4 Å². The van der Waals surface area contributed by atoms with Gasteiger partial charge in [0, 0.05) is 24.0 Å². The molecule has 20 heavy (non-hydrogen) atoms. The maximum atomic E-state index is 12.3. The van der Waals surface area contributed by atoms with E-state index >= 15 is 0 Å². The van der Waals surface area contributed by atoms with Crippen LogP contribution in [0, 0.1) is 0 Å². The van der Waals surface area contributed by atoms with Crippen molar-refractivity contribution in [3.8, 4) is 0 Å². The Morgan fingerprint density at radius 3 is 2.45 bits per heavy atom. The van der Waals surface area contributed by atoms with Crippen LogP contribution in [0.5, 0.6) is 0 Å². The Morgan fingerprint density at radius 1 is 1.00 bits per heavy atom. The van der Waals surface area contributed by atoms with E-state index in [1.165, 1.54) is 6.20 Å². The minimum atomic E-state index is -0.320. The van der Waals surface area contributed by atoms with Crippen LogP contribution in [-0.2, 0) is 0 Å². The topological polar surface area (TPSA) is 93.8 Å². The Balaban J connectivity index is 2.02. The van der Waals surface area contributed by atoms with Crippen LogP contribution in [0.15, 0.2) is 48.9 Å². The first-order valence-corrected chi connectivity index (χ1v) is 5.97. The van der Waals surface area contributed by atoms with Crippen LogP contribution in [0.1, 0.15) is 10.4 Å². The zero-order chi connectivity index (χ0) is 13.9. The van der Waals surface area contributed by atoms with Crippen LogP contribution in [-0.4, -0.2) is 20.9 Å². The molecule has 3 rings (SSSR count). The van der Waals surface area contributed by atoms with Crippen LogP contribution in [0.2, 0.25) is 0 Å². The van der Waals surface area contributed by atoms with Gasteiger partial charge >= 0.3 is 0 Å². The molecular weight excluding hydrogens is 254 g/mol. The first-order chi connectivity index (χ1) is 9.75. The number of carbonyl (C=O) groups is 1. The van der Waals surface area contributed by atoms with Gasteiger partial charge in [0.05, 0.1) is 5.56 Å². The standard InChI is InChI=1S/C14H11N5O/c15-12-10-5-2-1-4-9(10)11(8-18-12)13(20)19-14-16-6-3-7-17-14/h1-8H,(H2,15,18)(H,16,17,19,20). The van der Waals surface area contributed by atoms with Gasteiger partial charge in [-0.25, -0.2) is 15.0 Å². The van der Waals surface area contributed by atoms with E-state index < -0.39 is 0 Å². The van der Waals surface area contributed by atoms with Crippen LogP contribution < -0.4 is 11.1 Å². The van der Waals surface area contributed by atoms with Gasteiger partial charge in [0.25, 0.3) is 5.91 Å². The number of nitrogens with two attached hydrogens (primary N) is 1. The summed E-state index contributed by atoms with van der Waals surface area (Å²) in [7, 11) is 0. The third-order valence-electron chi connectivity index (χ3n) is 2.86. The highest BCUT2D eigenvalue weighted by Crippen LogP contribution is 2.22. The number of hydrogen-bond acceptors (Lipinski definition) is 5. The monoisotopic (exact) mass is 265 g/mol. The third-order valence-corrected chi connectivity index (χ3v) is 2.86. The predicted octanol–water partition coefficient (Wildman–Crippen LogP) is 1.86. The predicted molar refractivity (Wildman–Crippen MR) is 76.1 cm³/mol. The molecule has 0 saturated carbocycles. The van der Waals surface area contributed by atoms with E-state index in [4.69, 9.17) is 5.73 Å². The van der Waals surface area contributed by atoms with E-state index in [1.807, 2.05) is 24.3 Å². The normalized spacial score (nSPS) is 10.4. The molecule has 0 aliphatic rings. The summed E-state index contributed by atoms with van der Waals surface area (Å²) in [5, 5.41) is 4.12. The molecule has 0 fully saturated rings. The first-order valence-electron chi connectivity index (χ1n) is 5.97. The lowest BCUT2D eigenvalue weighted by Crippen LogP contribution is -2.15. The van der Waals surface area contributed by atoms with Gasteiger partial charge in [-0.3, -0.25) is 10.1 Å². The maximum absolute atomic E-state index is 12.3. The number of nitrogens with one attached hydrogen (secondary N) is 1. The number of pyridine rings is 1. The average Bonchev–Trinajstić information content (AvgIpc) is 2.49. The summed E-state index contributed by atoms with van der Waals surface area (Å²) in [6.07, 6.45) is 4.57. The summed E-state index contributed by atoms with van der Waals surface area (Å²) >= 11 is 0. The van der Waals surface area contributed by atoms with Crippen LogP contribution >= 0.6 is 0 Å². The highest BCUT2D eigenvalue weighted by Gasteiger charge is 2.13. The van der Waals surface area contributed by atoms with E-state index in [-0.39, 0.29) is 11.9 Å². The molecule has 3 N–H and O–H groups in total. The summed E-state index contributed by atoms with van der Waals surface area (Å²) in [5.41, 5.74) is 6.24. The van der Waals surface area contributed by atoms with Crippen molar-refractivity contribution < 1.29 is 4.79 Å². The van der Waals surface area contributed by atoms with Gasteiger partial charge in [-0.1, -0.05) is 24.3 Å². The fourth-order valence-electron chi connectivity index (χ4n) is 1.93. The molecule has 98 valence electrons. The number of rotatable bonds is 2. The molecule has 0 unspecified atom stereocenters. The smallest absolute Gasteiger partial charge is 0.260 e.